The maximum absolute atomic E-state index is 10.6. The monoisotopic (exact) mass is 282 g/mol. The van der Waals surface area contributed by atoms with Gasteiger partial charge < -0.3 is 5.11 Å². The summed E-state index contributed by atoms with van der Waals surface area (Å²) in [6, 6.07) is 5.98. The average Bonchev–Trinajstić information content (AvgIpc) is 2.82. The van der Waals surface area contributed by atoms with Gasteiger partial charge in [-0.1, -0.05) is 17.7 Å². The Hall–Kier alpha value is -1.92. The molecule has 5 nitrogen and oxygen atoms in total. The second kappa shape index (κ2) is 5.16. The second-order valence-electron chi connectivity index (χ2n) is 3.32. The number of phenolic OH excluding ortho intramolecular Hbond substituents is 1. The molecule has 92 valence electrons. The first-order chi connectivity index (χ1) is 8.58. The first-order valence-corrected chi connectivity index (χ1v) is 6.08. The van der Waals surface area contributed by atoms with Crippen LogP contribution in [0.15, 0.2) is 34.6 Å². The number of hydrogen-bond donors (Lipinski definition) is 1. The zero-order chi connectivity index (χ0) is 13.1. The highest BCUT2D eigenvalue weighted by Crippen LogP contribution is 2.36. The molecule has 0 spiro atoms. The van der Waals surface area contributed by atoms with Gasteiger partial charge in [0.25, 0.3) is 5.69 Å². The number of nitrogens with zero attached hydrogens (tertiary/aromatic N) is 2. The number of nitro benzene ring substituents is 1. The van der Waals surface area contributed by atoms with E-state index in [0.717, 1.165) is 10.9 Å². The molecule has 2 rings (SSSR count). The van der Waals surface area contributed by atoms with Crippen LogP contribution in [0.3, 0.4) is 0 Å². The van der Waals surface area contributed by atoms with Crippen LogP contribution in [-0.2, 0) is 0 Å². The SMILES string of the molecule is O=[N+]([O-])c1cc(O)c(N=Cc2cccs2)cc1Cl. The Labute approximate surface area is 111 Å². The van der Waals surface area contributed by atoms with Crippen LogP contribution in [0.1, 0.15) is 4.88 Å². The minimum Gasteiger partial charge on any atom is -0.505 e. The van der Waals surface area contributed by atoms with Crippen molar-refractivity contribution in [1.82, 2.24) is 0 Å². The van der Waals surface area contributed by atoms with Gasteiger partial charge in [-0.3, -0.25) is 15.1 Å². The van der Waals surface area contributed by atoms with Crippen molar-refractivity contribution in [2.75, 3.05) is 0 Å². The van der Waals surface area contributed by atoms with E-state index >= 15 is 0 Å². The summed E-state index contributed by atoms with van der Waals surface area (Å²) >= 11 is 7.22. The maximum atomic E-state index is 10.6. The lowest BCUT2D eigenvalue weighted by Crippen LogP contribution is -1.88. The number of benzene rings is 1. The molecule has 0 saturated heterocycles. The molecule has 18 heavy (non-hydrogen) atoms. The molecule has 0 aliphatic heterocycles. The number of hydrogen-bond acceptors (Lipinski definition) is 5. The Balaban J connectivity index is 2.35. The molecule has 7 heteroatoms. The van der Waals surface area contributed by atoms with Gasteiger partial charge in [0.15, 0.2) is 0 Å². The van der Waals surface area contributed by atoms with Crippen molar-refractivity contribution >= 4 is 40.5 Å². The fourth-order valence-electron chi connectivity index (χ4n) is 1.28. The third-order valence-electron chi connectivity index (χ3n) is 2.11. The Bertz CT molecular complexity index is 611. The van der Waals surface area contributed by atoms with Crippen LogP contribution in [0.5, 0.6) is 5.75 Å². The molecule has 2 aromatic rings. The first-order valence-electron chi connectivity index (χ1n) is 4.82. The predicted molar refractivity (Wildman–Crippen MR) is 71.3 cm³/mol. The summed E-state index contributed by atoms with van der Waals surface area (Å²) in [5, 5.41) is 22.1. The zero-order valence-electron chi connectivity index (χ0n) is 8.91. The molecule has 0 bridgehead atoms. The average molecular weight is 283 g/mol. The standard InChI is InChI=1S/C11H7ClN2O3S/c12-8-4-9(11(15)5-10(8)14(16)17)13-6-7-2-1-3-18-7/h1-6,15H. The van der Waals surface area contributed by atoms with Gasteiger partial charge in [-0.25, -0.2) is 0 Å². The highest BCUT2D eigenvalue weighted by atomic mass is 35.5. The summed E-state index contributed by atoms with van der Waals surface area (Å²) in [5.41, 5.74) is -0.150. The Morgan fingerprint density at radius 3 is 2.89 bits per heavy atom. The van der Waals surface area contributed by atoms with Crippen molar-refractivity contribution in [2.24, 2.45) is 4.99 Å². The van der Waals surface area contributed by atoms with Gasteiger partial charge >= 0.3 is 0 Å². The van der Waals surface area contributed by atoms with Gasteiger partial charge in [0.05, 0.1) is 11.0 Å². The normalized spacial score (nSPS) is 10.9. The summed E-state index contributed by atoms with van der Waals surface area (Å²) in [6.07, 6.45) is 1.56. The fraction of sp³-hybridized carbons (Fsp3) is 0. The van der Waals surface area contributed by atoms with Crippen LogP contribution in [0.2, 0.25) is 5.02 Å². The molecule has 1 heterocycles. The third kappa shape index (κ3) is 2.66. The summed E-state index contributed by atoms with van der Waals surface area (Å²) in [5.74, 6) is -0.279. The lowest BCUT2D eigenvalue weighted by molar-refractivity contribution is -0.384. The molecular formula is C11H7ClN2O3S. The summed E-state index contributed by atoms with van der Waals surface area (Å²) < 4.78 is 0. The van der Waals surface area contributed by atoms with Crippen LogP contribution in [0.25, 0.3) is 0 Å². The van der Waals surface area contributed by atoms with Crippen LogP contribution >= 0.6 is 22.9 Å². The number of thiophene rings is 1. The van der Waals surface area contributed by atoms with Gasteiger partial charge in [-0.2, -0.15) is 0 Å². The number of rotatable bonds is 3. The van der Waals surface area contributed by atoms with Gasteiger partial charge in [0.2, 0.25) is 0 Å². The molecule has 1 N–H and O–H groups in total. The molecule has 1 aromatic heterocycles. The summed E-state index contributed by atoms with van der Waals surface area (Å²) in [4.78, 5) is 14.9. The van der Waals surface area contributed by atoms with E-state index in [1.165, 1.54) is 17.4 Å². The van der Waals surface area contributed by atoms with E-state index in [9.17, 15) is 15.2 Å². The van der Waals surface area contributed by atoms with Crippen LogP contribution in [0.4, 0.5) is 11.4 Å². The van der Waals surface area contributed by atoms with Crippen molar-refractivity contribution in [3.63, 3.8) is 0 Å². The maximum Gasteiger partial charge on any atom is 0.291 e. The lowest BCUT2D eigenvalue weighted by atomic mass is 10.2. The van der Waals surface area contributed by atoms with Crippen LogP contribution < -0.4 is 0 Å². The van der Waals surface area contributed by atoms with Crippen LogP contribution in [-0.4, -0.2) is 16.2 Å². The summed E-state index contributed by atoms with van der Waals surface area (Å²) in [6.45, 7) is 0. The Morgan fingerprint density at radius 2 is 2.28 bits per heavy atom. The zero-order valence-corrected chi connectivity index (χ0v) is 10.5. The van der Waals surface area contributed by atoms with E-state index in [2.05, 4.69) is 4.99 Å². The van der Waals surface area contributed by atoms with Gasteiger partial charge in [-0.15, -0.1) is 11.3 Å². The summed E-state index contributed by atoms with van der Waals surface area (Å²) in [7, 11) is 0. The molecule has 0 fully saturated rings. The van der Waals surface area contributed by atoms with Crippen molar-refractivity contribution in [2.45, 2.75) is 0 Å². The Morgan fingerprint density at radius 1 is 1.50 bits per heavy atom. The third-order valence-corrected chi connectivity index (χ3v) is 3.22. The second-order valence-corrected chi connectivity index (χ2v) is 4.71. The van der Waals surface area contributed by atoms with E-state index in [1.807, 2.05) is 17.5 Å². The molecule has 0 aliphatic rings. The number of phenols is 1. The van der Waals surface area contributed by atoms with Crippen molar-refractivity contribution in [3.8, 4) is 5.75 Å². The topological polar surface area (TPSA) is 75.7 Å². The molecule has 0 saturated carbocycles. The Kier molecular flexibility index (Phi) is 3.59. The number of aromatic hydroxyl groups is 1. The van der Waals surface area contributed by atoms with Gasteiger partial charge in [0.1, 0.15) is 16.5 Å². The van der Waals surface area contributed by atoms with E-state index in [4.69, 9.17) is 11.6 Å². The molecule has 0 atom stereocenters. The lowest BCUT2D eigenvalue weighted by Gasteiger charge is -2.00. The molecule has 0 unspecified atom stereocenters. The number of halogens is 1. The molecule has 0 amide bonds. The van der Waals surface area contributed by atoms with Crippen molar-refractivity contribution in [1.29, 1.82) is 0 Å². The van der Waals surface area contributed by atoms with Gasteiger partial charge in [0, 0.05) is 11.1 Å². The quantitative estimate of drug-likeness (QED) is 0.529. The largest absolute Gasteiger partial charge is 0.505 e. The highest BCUT2D eigenvalue weighted by molar-refractivity contribution is 7.11. The first kappa shape index (κ1) is 12.5. The fourth-order valence-corrected chi connectivity index (χ4v) is 2.09. The minimum atomic E-state index is -0.658. The smallest absolute Gasteiger partial charge is 0.291 e. The van der Waals surface area contributed by atoms with E-state index < -0.39 is 4.92 Å². The number of aliphatic imine (C=N–C) groups is 1. The van der Waals surface area contributed by atoms with E-state index in [1.54, 1.807) is 6.21 Å². The van der Waals surface area contributed by atoms with Crippen LogP contribution in [0, 0.1) is 10.1 Å². The van der Waals surface area contributed by atoms with E-state index in [0.29, 0.717) is 0 Å². The van der Waals surface area contributed by atoms with Crippen molar-refractivity contribution < 1.29 is 10.0 Å². The van der Waals surface area contributed by atoms with E-state index in [-0.39, 0.29) is 22.1 Å². The highest BCUT2D eigenvalue weighted by Gasteiger charge is 2.15. The predicted octanol–water partition coefficient (Wildman–Crippen LogP) is 3.77. The minimum absolute atomic E-state index is 0.0591. The number of nitro groups is 1. The molecule has 0 radical (unpaired) electrons. The molecule has 0 aliphatic carbocycles. The molecular weight excluding hydrogens is 276 g/mol. The molecule has 1 aromatic carbocycles. The van der Waals surface area contributed by atoms with Crippen molar-refractivity contribution in [3.05, 3.63) is 49.7 Å². The van der Waals surface area contributed by atoms with Gasteiger partial charge in [-0.05, 0) is 17.5 Å².